The number of carbonyl (C=O) groups is 1. The van der Waals surface area contributed by atoms with Crippen LogP contribution >= 0.6 is 0 Å². The molecule has 0 aromatic heterocycles. The van der Waals surface area contributed by atoms with Crippen molar-refractivity contribution in [2.24, 2.45) is 5.92 Å². The summed E-state index contributed by atoms with van der Waals surface area (Å²) in [6, 6.07) is 17.3. The lowest BCUT2D eigenvalue weighted by Crippen LogP contribution is -2.44. The standard InChI is InChI=1S/C26H33N3O2/c1-28(24-8-4-5-9-25(24)30)26(31)27-19-12-10-18(11-13-19)16-17-29-22-14-15-23(29)21-7-3-2-6-20(21)22/h2-9,18-19,22-23,30H,10-17H2,1H3,(H,27,31). The van der Waals surface area contributed by atoms with Gasteiger partial charge in [-0.3, -0.25) is 9.80 Å². The Labute approximate surface area is 185 Å². The number of rotatable bonds is 5. The first-order valence-electron chi connectivity index (χ1n) is 11.8. The van der Waals surface area contributed by atoms with E-state index in [1.807, 2.05) is 6.07 Å². The van der Waals surface area contributed by atoms with Crippen LogP contribution in [0.3, 0.4) is 0 Å². The van der Waals surface area contributed by atoms with E-state index in [-0.39, 0.29) is 17.8 Å². The molecular formula is C26H33N3O2. The van der Waals surface area contributed by atoms with E-state index in [2.05, 4.69) is 34.5 Å². The van der Waals surface area contributed by atoms with Gasteiger partial charge in [0, 0.05) is 25.2 Å². The molecule has 2 N–H and O–H groups in total. The van der Waals surface area contributed by atoms with E-state index in [1.54, 1.807) is 36.4 Å². The molecule has 164 valence electrons. The second-order valence-electron chi connectivity index (χ2n) is 9.48. The van der Waals surface area contributed by atoms with Crippen LogP contribution in [-0.4, -0.2) is 35.7 Å². The van der Waals surface area contributed by atoms with E-state index >= 15 is 0 Å². The number of nitrogens with one attached hydrogen (secondary N) is 1. The van der Waals surface area contributed by atoms with Crippen molar-refractivity contribution >= 4 is 11.7 Å². The summed E-state index contributed by atoms with van der Waals surface area (Å²) in [6.45, 7) is 1.20. The highest BCUT2D eigenvalue weighted by Crippen LogP contribution is 2.53. The number of nitrogens with zero attached hydrogens (tertiary/aromatic N) is 2. The summed E-state index contributed by atoms with van der Waals surface area (Å²) in [5.41, 5.74) is 3.67. The zero-order valence-electron chi connectivity index (χ0n) is 18.3. The highest BCUT2D eigenvalue weighted by atomic mass is 16.3. The molecule has 2 bridgehead atoms. The number of amides is 2. The second-order valence-corrected chi connectivity index (χ2v) is 9.48. The zero-order chi connectivity index (χ0) is 21.4. The molecule has 3 aliphatic rings. The third-order valence-electron chi connectivity index (χ3n) is 7.75. The molecule has 0 spiro atoms. The summed E-state index contributed by atoms with van der Waals surface area (Å²) >= 11 is 0. The molecule has 2 aromatic carbocycles. The van der Waals surface area contributed by atoms with Crippen LogP contribution in [0.2, 0.25) is 0 Å². The average Bonchev–Trinajstić information content (AvgIpc) is 3.35. The van der Waals surface area contributed by atoms with E-state index < -0.39 is 0 Å². The van der Waals surface area contributed by atoms with Gasteiger partial charge in [-0.2, -0.15) is 0 Å². The molecule has 5 heteroatoms. The fraction of sp³-hybridized carbons (Fsp3) is 0.500. The molecule has 1 saturated carbocycles. The maximum atomic E-state index is 12.6. The number of benzene rings is 2. The summed E-state index contributed by atoms with van der Waals surface area (Å²) < 4.78 is 0. The lowest BCUT2D eigenvalue weighted by atomic mass is 9.84. The van der Waals surface area contributed by atoms with E-state index in [1.165, 1.54) is 43.5 Å². The minimum atomic E-state index is -0.142. The van der Waals surface area contributed by atoms with Crippen LogP contribution in [0.15, 0.2) is 48.5 Å². The number of fused-ring (bicyclic) bond motifs is 5. The summed E-state index contributed by atoms with van der Waals surface area (Å²) in [5.74, 6) is 0.883. The van der Waals surface area contributed by atoms with Gasteiger partial charge in [0.15, 0.2) is 0 Å². The summed E-state index contributed by atoms with van der Waals surface area (Å²) in [6.07, 6.45) is 8.33. The number of para-hydroxylation sites is 2. The van der Waals surface area contributed by atoms with Crippen molar-refractivity contribution in [2.45, 2.75) is 63.1 Å². The molecule has 2 atom stereocenters. The van der Waals surface area contributed by atoms with Gasteiger partial charge in [0.25, 0.3) is 0 Å². The first-order valence-corrected chi connectivity index (χ1v) is 11.8. The van der Waals surface area contributed by atoms with Gasteiger partial charge in [0.05, 0.1) is 5.69 Å². The molecule has 2 unspecified atom stereocenters. The van der Waals surface area contributed by atoms with Gasteiger partial charge >= 0.3 is 6.03 Å². The van der Waals surface area contributed by atoms with Crippen LogP contribution in [-0.2, 0) is 0 Å². The van der Waals surface area contributed by atoms with E-state index in [9.17, 15) is 9.90 Å². The molecule has 2 heterocycles. The maximum absolute atomic E-state index is 12.6. The number of hydrogen-bond acceptors (Lipinski definition) is 3. The Hall–Kier alpha value is -2.53. The highest BCUT2D eigenvalue weighted by Gasteiger charge is 2.43. The summed E-state index contributed by atoms with van der Waals surface area (Å²) in [4.78, 5) is 16.9. The van der Waals surface area contributed by atoms with Crippen molar-refractivity contribution in [2.75, 3.05) is 18.5 Å². The number of carbonyl (C=O) groups excluding carboxylic acids is 1. The van der Waals surface area contributed by atoms with Crippen molar-refractivity contribution in [3.63, 3.8) is 0 Å². The smallest absolute Gasteiger partial charge is 0.321 e. The van der Waals surface area contributed by atoms with Gasteiger partial charge in [-0.15, -0.1) is 0 Å². The van der Waals surface area contributed by atoms with Crippen LogP contribution < -0.4 is 10.2 Å². The van der Waals surface area contributed by atoms with Gasteiger partial charge in [-0.05, 0) is 80.7 Å². The lowest BCUT2D eigenvalue weighted by Gasteiger charge is -2.32. The highest BCUT2D eigenvalue weighted by molar-refractivity contribution is 5.93. The molecule has 2 fully saturated rings. The van der Waals surface area contributed by atoms with Crippen LogP contribution in [0, 0.1) is 5.92 Å². The average molecular weight is 420 g/mol. The van der Waals surface area contributed by atoms with Crippen molar-refractivity contribution in [1.29, 1.82) is 0 Å². The largest absolute Gasteiger partial charge is 0.506 e. The SMILES string of the molecule is CN(C(=O)NC1CCC(CCN2C3CCC2c2ccccc23)CC1)c1ccccc1O. The van der Waals surface area contributed by atoms with E-state index in [0.717, 1.165) is 18.8 Å². The Morgan fingerprint density at radius 1 is 0.968 bits per heavy atom. The molecule has 1 aliphatic carbocycles. The third-order valence-corrected chi connectivity index (χ3v) is 7.75. The fourth-order valence-corrected chi connectivity index (χ4v) is 6.02. The Morgan fingerprint density at radius 3 is 2.23 bits per heavy atom. The van der Waals surface area contributed by atoms with Crippen LogP contribution in [0.1, 0.15) is 68.2 Å². The van der Waals surface area contributed by atoms with Crippen LogP contribution in [0.25, 0.3) is 0 Å². The maximum Gasteiger partial charge on any atom is 0.321 e. The van der Waals surface area contributed by atoms with Gasteiger partial charge in [-0.1, -0.05) is 36.4 Å². The number of aromatic hydroxyl groups is 1. The molecular weight excluding hydrogens is 386 g/mol. The monoisotopic (exact) mass is 419 g/mol. The number of urea groups is 1. The van der Waals surface area contributed by atoms with Gasteiger partial charge in [0.1, 0.15) is 5.75 Å². The molecule has 5 nitrogen and oxygen atoms in total. The minimum Gasteiger partial charge on any atom is -0.506 e. The third kappa shape index (κ3) is 3.91. The Kier molecular flexibility index (Phi) is 5.61. The molecule has 1 saturated heterocycles. The quantitative estimate of drug-likeness (QED) is 0.684. The molecule has 2 aromatic rings. The van der Waals surface area contributed by atoms with E-state index in [0.29, 0.717) is 17.8 Å². The van der Waals surface area contributed by atoms with Crippen LogP contribution in [0.4, 0.5) is 10.5 Å². The van der Waals surface area contributed by atoms with Crippen LogP contribution in [0.5, 0.6) is 5.75 Å². The van der Waals surface area contributed by atoms with Gasteiger partial charge in [0.2, 0.25) is 0 Å². The van der Waals surface area contributed by atoms with E-state index in [4.69, 9.17) is 0 Å². The summed E-state index contributed by atoms with van der Waals surface area (Å²) in [5, 5.41) is 13.2. The van der Waals surface area contributed by atoms with Crippen molar-refractivity contribution < 1.29 is 9.90 Å². The predicted octanol–water partition coefficient (Wildman–Crippen LogP) is 5.38. The molecule has 2 amide bonds. The minimum absolute atomic E-state index is 0.127. The van der Waals surface area contributed by atoms with Crippen molar-refractivity contribution in [3.8, 4) is 5.75 Å². The molecule has 2 aliphatic heterocycles. The topological polar surface area (TPSA) is 55.8 Å². The Bertz CT molecular complexity index is 907. The fourth-order valence-electron chi connectivity index (χ4n) is 6.02. The first-order chi connectivity index (χ1) is 15.1. The normalized spacial score (nSPS) is 27.1. The number of hydrogen-bond donors (Lipinski definition) is 2. The number of phenolic OH excluding ortho intramolecular Hbond substituents is 1. The molecule has 5 rings (SSSR count). The lowest BCUT2D eigenvalue weighted by molar-refractivity contribution is 0.186. The van der Waals surface area contributed by atoms with Crippen molar-refractivity contribution in [1.82, 2.24) is 10.2 Å². The summed E-state index contributed by atoms with van der Waals surface area (Å²) in [7, 11) is 1.71. The van der Waals surface area contributed by atoms with Crippen molar-refractivity contribution in [3.05, 3.63) is 59.7 Å². The van der Waals surface area contributed by atoms with Gasteiger partial charge in [-0.25, -0.2) is 4.79 Å². The molecule has 31 heavy (non-hydrogen) atoms. The van der Waals surface area contributed by atoms with Gasteiger partial charge < -0.3 is 10.4 Å². The molecule has 0 radical (unpaired) electrons. The predicted molar refractivity (Wildman–Crippen MR) is 123 cm³/mol. The Morgan fingerprint density at radius 2 is 1.58 bits per heavy atom. The number of phenols is 1. The zero-order valence-corrected chi connectivity index (χ0v) is 18.3. The Balaban J connectivity index is 1.09. The second kappa shape index (κ2) is 8.54. The first kappa shape index (κ1) is 20.4. The number of anilines is 1.